The Morgan fingerprint density at radius 1 is 1.59 bits per heavy atom. The molecule has 0 bridgehead atoms. The number of phenolic OH excluding ortho intramolecular Hbond substituents is 1. The molecule has 1 aromatic rings. The van der Waals surface area contributed by atoms with Crippen LogP contribution in [-0.4, -0.2) is 30.1 Å². The molecule has 92 valence electrons. The lowest BCUT2D eigenvalue weighted by Crippen LogP contribution is -2.31. The summed E-state index contributed by atoms with van der Waals surface area (Å²) in [6.07, 6.45) is 1.56. The van der Waals surface area contributed by atoms with E-state index >= 15 is 0 Å². The van der Waals surface area contributed by atoms with E-state index in [-0.39, 0.29) is 5.75 Å². The second kappa shape index (κ2) is 6.70. The van der Waals surface area contributed by atoms with E-state index in [4.69, 9.17) is 17.0 Å². The van der Waals surface area contributed by atoms with Crippen molar-refractivity contribution in [2.45, 2.75) is 6.92 Å². The molecule has 0 aliphatic carbocycles. The van der Waals surface area contributed by atoms with Gasteiger partial charge in [0.1, 0.15) is 0 Å². The molecule has 0 radical (unpaired) electrons. The average Bonchev–Trinajstić information content (AvgIpc) is 2.29. The van der Waals surface area contributed by atoms with Gasteiger partial charge < -0.3 is 15.2 Å². The van der Waals surface area contributed by atoms with Crippen LogP contribution >= 0.6 is 12.2 Å². The number of hydrogen-bond acceptors (Lipinski definition) is 4. The fourth-order valence-electron chi connectivity index (χ4n) is 1.15. The van der Waals surface area contributed by atoms with Crippen LogP contribution in [0, 0.1) is 0 Å². The van der Waals surface area contributed by atoms with Crippen molar-refractivity contribution in [2.75, 3.05) is 13.7 Å². The first-order valence-corrected chi connectivity index (χ1v) is 5.52. The molecule has 0 aromatic heterocycles. The fourth-order valence-corrected chi connectivity index (χ4v) is 1.35. The molecule has 0 saturated carbocycles. The Balaban J connectivity index is 2.60. The van der Waals surface area contributed by atoms with Crippen molar-refractivity contribution in [3.8, 4) is 11.5 Å². The predicted octanol–water partition coefficient (Wildman–Crippen LogP) is 1.22. The first kappa shape index (κ1) is 13.2. The van der Waals surface area contributed by atoms with E-state index in [0.29, 0.717) is 10.9 Å². The molecule has 0 heterocycles. The number of benzene rings is 1. The van der Waals surface area contributed by atoms with Crippen LogP contribution in [0.25, 0.3) is 0 Å². The van der Waals surface area contributed by atoms with Gasteiger partial charge in [0.05, 0.1) is 13.3 Å². The minimum atomic E-state index is 0.0747. The van der Waals surface area contributed by atoms with Gasteiger partial charge in [0.2, 0.25) is 0 Å². The summed E-state index contributed by atoms with van der Waals surface area (Å²) in [5.41, 5.74) is 3.40. The summed E-state index contributed by atoms with van der Waals surface area (Å²) in [6, 6.07) is 5.00. The molecule has 0 spiro atoms. The van der Waals surface area contributed by atoms with Gasteiger partial charge in [-0.25, -0.2) is 0 Å². The number of phenols is 1. The maximum absolute atomic E-state index is 9.54. The van der Waals surface area contributed by atoms with E-state index < -0.39 is 0 Å². The highest BCUT2D eigenvalue weighted by Crippen LogP contribution is 2.25. The first-order chi connectivity index (χ1) is 8.17. The van der Waals surface area contributed by atoms with Crippen LogP contribution in [0.2, 0.25) is 0 Å². The van der Waals surface area contributed by atoms with Gasteiger partial charge in [-0.15, -0.1) is 0 Å². The van der Waals surface area contributed by atoms with Gasteiger partial charge in [-0.05, 0) is 42.9 Å². The quantitative estimate of drug-likeness (QED) is 0.428. The maximum Gasteiger partial charge on any atom is 0.186 e. The van der Waals surface area contributed by atoms with Gasteiger partial charge in [-0.2, -0.15) is 5.10 Å². The van der Waals surface area contributed by atoms with Crippen molar-refractivity contribution < 1.29 is 9.84 Å². The Morgan fingerprint density at radius 2 is 2.35 bits per heavy atom. The van der Waals surface area contributed by atoms with Crippen molar-refractivity contribution >= 4 is 23.5 Å². The summed E-state index contributed by atoms with van der Waals surface area (Å²) in [4.78, 5) is 0. The van der Waals surface area contributed by atoms with E-state index in [1.54, 1.807) is 24.4 Å². The van der Waals surface area contributed by atoms with Crippen molar-refractivity contribution in [3.05, 3.63) is 23.8 Å². The zero-order valence-electron chi connectivity index (χ0n) is 9.73. The molecule has 1 aromatic carbocycles. The van der Waals surface area contributed by atoms with Crippen molar-refractivity contribution in [1.82, 2.24) is 10.7 Å². The minimum absolute atomic E-state index is 0.0747. The number of nitrogens with zero attached hydrogens (tertiary/aromatic N) is 1. The largest absolute Gasteiger partial charge is 0.504 e. The topological polar surface area (TPSA) is 65.9 Å². The second-order valence-corrected chi connectivity index (χ2v) is 3.57. The number of hydrogen-bond donors (Lipinski definition) is 3. The van der Waals surface area contributed by atoms with Gasteiger partial charge in [-0.3, -0.25) is 5.43 Å². The Hall–Kier alpha value is -1.82. The molecule has 6 heteroatoms. The van der Waals surface area contributed by atoms with E-state index in [2.05, 4.69) is 15.8 Å². The van der Waals surface area contributed by atoms with E-state index in [0.717, 1.165) is 12.1 Å². The Labute approximate surface area is 105 Å². The molecule has 0 unspecified atom stereocenters. The number of aromatic hydroxyl groups is 1. The summed E-state index contributed by atoms with van der Waals surface area (Å²) in [6.45, 7) is 2.68. The Kier molecular flexibility index (Phi) is 5.22. The molecule has 0 fully saturated rings. The Bertz CT molecular complexity index is 421. The van der Waals surface area contributed by atoms with Gasteiger partial charge in [0, 0.05) is 6.54 Å². The van der Waals surface area contributed by atoms with Crippen molar-refractivity contribution in [1.29, 1.82) is 0 Å². The molecule has 17 heavy (non-hydrogen) atoms. The zero-order chi connectivity index (χ0) is 12.7. The molecule has 0 saturated heterocycles. The normalized spacial score (nSPS) is 10.2. The fraction of sp³-hybridized carbons (Fsp3) is 0.273. The molecular weight excluding hydrogens is 238 g/mol. The van der Waals surface area contributed by atoms with Gasteiger partial charge in [0.15, 0.2) is 16.6 Å². The van der Waals surface area contributed by atoms with E-state index in [1.165, 1.54) is 7.11 Å². The standard InChI is InChI=1S/C11H15N3O2S/c1-3-12-11(17)14-13-7-8-4-5-10(16-2)9(15)6-8/h4-7,15H,3H2,1-2H3,(H2,12,14,17). The summed E-state index contributed by atoms with van der Waals surface area (Å²) in [5.74, 6) is 0.504. The van der Waals surface area contributed by atoms with Gasteiger partial charge >= 0.3 is 0 Å². The third-order valence-electron chi connectivity index (χ3n) is 1.92. The predicted molar refractivity (Wildman–Crippen MR) is 71.7 cm³/mol. The monoisotopic (exact) mass is 253 g/mol. The molecule has 0 aliphatic rings. The third-order valence-corrected chi connectivity index (χ3v) is 2.16. The number of ether oxygens (including phenoxy) is 1. The molecule has 3 N–H and O–H groups in total. The molecular formula is C11H15N3O2S. The summed E-state index contributed by atoms with van der Waals surface area (Å²) >= 11 is 4.93. The third kappa shape index (κ3) is 4.28. The minimum Gasteiger partial charge on any atom is -0.504 e. The highest BCUT2D eigenvalue weighted by molar-refractivity contribution is 7.80. The van der Waals surface area contributed by atoms with Crippen LogP contribution in [0.5, 0.6) is 11.5 Å². The van der Waals surface area contributed by atoms with E-state index in [1.807, 2.05) is 6.92 Å². The highest BCUT2D eigenvalue weighted by atomic mass is 32.1. The highest BCUT2D eigenvalue weighted by Gasteiger charge is 2.00. The first-order valence-electron chi connectivity index (χ1n) is 5.11. The molecule has 0 aliphatic heterocycles. The number of nitrogens with one attached hydrogen (secondary N) is 2. The number of hydrazone groups is 1. The lowest BCUT2D eigenvalue weighted by Gasteiger charge is -2.04. The van der Waals surface area contributed by atoms with Crippen molar-refractivity contribution in [2.24, 2.45) is 5.10 Å². The molecule has 5 nitrogen and oxygen atoms in total. The molecule has 0 atom stereocenters. The zero-order valence-corrected chi connectivity index (χ0v) is 10.5. The second-order valence-electron chi connectivity index (χ2n) is 3.16. The van der Waals surface area contributed by atoms with Crippen LogP contribution < -0.4 is 15.5 Å². The summed E-state index contributed by atoms with van der Waals surface area (Å²) in [7, 11) is 1.50. The van der Waals surface area contributed by atoms with E-state index in [9.17, 15) is 5.11 Å². The SMILES string of the molecule is CCNC(=S)NN=Cc1ccc(OC)c(O)c1. The van der Waals surface area contributed by atoms with Crippen molar-refractivity contribution in [3.63, 3.8) is 0 Å². The summed E-state index contributed by atoms with van der Waals surface area (Å²) < 4.78 is 4.93. The van der Waals surface area contributed by atoms with Crippen LogP contribution in [0.15, 0.2) is 23.3 Å². The molecule has 0 amide bonds. The van der Waals surface area contributed by atoms with Gasteiger partial charge in [0.25, 0.3) is 0 Å². The number of thiocarbonyl (C=S) groups is 1. The molecule has 1 rings (SSSR count). The van der Waals surface area contributed by atoms with Crippen LogP contribution in [0.4, 0.5) is 0 Å². The van der Waals surface area contributed by atoms with Crippen LogP contribution in [0.1, 0.15) is 12.5 Å². The van der Waals surface area contributed by atoms with Crippen LogP contribution in [-0.2, 0) is 0 Å². The Morgan fingerprint density at radius 3 is 2.94 bits per heavy atom. The summed E-state index contributed by atoms with van der Waals surface area (Å²) in [5, 5.41) is 16.8. The smallest absolute Gasteiger partial charge is 0.186 e. The lowest BCUT2D eigenvalue weighted by molar-refractivity contribution is 0.373. The maximum atomic E-state index is 9.54. The van der Waals surface area contributed by atoms with Gasteiger partial charge in [-0.1, -0.05) is 0 Å². The number of methoxy groups -OCH3 is 1. The van der Waals surface area contributed by atoms with Crippen LogP contribution in [0.3, 0.4) is 0 Å². The lowest BCUT2D eigenvalue weighted by atomic mass is 10.2. The average molecular weight is 253 g/mol. The number of rotatable bonds is 4.